The highest BCUT2D eigenvalue weighted by Gasteiger charge is 2.23. The summed E-state index contributed by atoms with van der Waals surface area (Å²) in [6.07, 6.45) is 2.11. The molecule has 0 spiro atoms. The Hall–Kier alpha value is -1.26. The molecule has 5 nitrogen and oxygen atoms in total. The van der Waals surface area contributed by atoms with Gasteiger partial charge in [0, 0.05) is 27.2 Å². The van der Waals surface area contributed by atoms with E-state index in [4.69, 9.17) is 0 Å². The first-order valence-electron chi connectivity index (χ1n) is 5.75. The predicted molar refractivity (Wildman–Crippen MR) is 62.1 cm³/mol. The molecule has 0 aromatic rings. The number of nitrogens with zero attached hydrogens (tertiary/aromatic N) is 2. The maximum absolute atomic E-state index is 11.9. The Kier molecular flexibility index (Phi) is 4.58. The molecule has 5 heteroatoms. The quantitative estimate of drug-likeness (QED) is 0.747. The number of nitrogens with one attached hydrogen (secondary N) is 1. The second kappa shape index (κ2) is 5.72. The zero-order chi connectivity index (χ0) is 12.1. The molecular weight excluding hydrogens is 206 g/mol. The highest BCUT2D eigenvalue weighted by Crippen LogP contribution is 2.16. The number of hydrogen-bond acceptors (Lipinski definition) is 2. The predicted octanol–water partition coefficient (Wildman–Crippen LogP) is 0.516. The minimum Gasteiger partial charge on any atom is -0.358 e. The van der Waals surface area contributed by atoms with Gasteiger partial charge in [0.15, 0.2) is 0 Å². The molecule has 0 saturated carbocycles. The van der Waals surface area contributed by atoms with Crippen LogP contribution in [-0.4, -0.2) is 55.5 Å². The fourth-order valence-corrected chi connectivity index (χ4v) is 1.80. The van der Waals surface area contributed by atoms with Gasteiger partial charge in [0.05, 0.1) is 0 Å². The van der Waals surface area contributed by atoms with Crippen molar-refractivity contribution in [2.75, 3.05) is 33.7 Å². The summed E-state index contributed by atoms with van der Waals surface area (Å²) < 4.78 is 0. The van der Waals surface area contributed by atoms with Crippen LogP contribution in [0.15, 0.2) is 0 Å². The zero-order valence-corrected chi connectivity index (χ0v) is 10.3. The molecule has 1 N–H and O–H groups in total. The molecule has 1 heterocycles. The van der Waals surface area contributed by atoms with E-state index in [2.05, 4.69) is 12.2 Å². The minimum atomic E-state index is -0.138. The lowest BCUT2D eigenvalue weighted by Gasteiger charge is -2.33. The molecule has 3 amide bonds. The molecule has 0 aromatic heterocycles. The van der Waals surface area contributed by atoms with Gasteiger partial charge in [-0.15, -0.1) is 0 Å². The summed E-state index contributed by atoms with van der Waals surface area (Å²) in [6.45, 7) is 3.94. The molecule has 1 fully saturated rings. The third-order valence-corrected chi connectivity index (χ3v) is 3.04. The summed E-state index contributed by atoms with van der Waals surface area (Å²) >= 11 is 0. The van der Waals surface area contributed by atoms with Gasteiger partial charge in [-0.1, -0.05) is 6.92 Å². The monoisotopic (exact) mass is 227 g/mol. The standard InChI is InChI=1S/C11H21N3O2/c1-9-4-6-14(7-5-9)11(16)13(3)8-10(15)12-2/h9H,4-8H2,1-3H3,(H,12,15). The normalized spacial score (nSPS) is 17.1. The molecule has 0 atom stereocenters. The van der Waals surface area contributed by atoms with Crippen molar-refractivity contribution >= 4 is 11.9 Å². The van der Waals surface area contributed by atoms with Crippen LogP contribution in [-0.2, 0) is 4.79 Å². The maximum Gasteiger partial charge on any atom is 0.320 e. The van der Waals surface area contributed by atoms with E-state index in [0.29, 0.717) is 5.92 Å². The van der Waals surface area contributed by atoms with Gasteiger partial charge in [0.25, 0.3) is 0 Å². The van der Waals surface area contributed by atoms with E-state index >= 15 is 0 Å². The lowest BCUT2D eigenvalue weighted by Crippen LogP contribution is -2.47. The number of rotatable bonds is 2. The Morgan fingerprint density at radius 1 is 1.38 bits per heavy atom. The largest absolute Gasteiger partial charge is 0.358 e. The van der Waals surface area contributed by atoms with Crippen molar-refractivity contribution in [1.82, 2.24) is 15.1 Å². The summed E-state index contributed by atoms with van der Waals surface area (Å²) in [6, 6.07) is -0.0458. The number of hydrogen-bond donors (Lipinski definition) is 1. The van der Waals surface area contributed by atoms with Crippen LogP contribution in [0.4, 0.5) is 4.79 Å². The molecular formula is C11H21N3O2. The van der Waals surface area contributed by atoms with Gasteiger partial charge in [-0.2, -0.15) is 0 Å². The first-order chi connectivity index (χ1) is 7.54. The number of likely N-dealkylation sites (tertiary alicyclic amines) is 1. The van der Waals surface area contributed by atoms with Gasteiger partial charge in [-0.25, -0.2) is 4.79 Å². The molecule has 0 bridgehead atoms. The van der Waals surface area contributed by atoms with Crippen molar-refractivity contribution in [3.8, 4) is 0 Å². The van der Waals surface area contributed by atoms with E-state index < -0.39 is 0 Å². The van der Waals surface area contributed by atoms with Crippen LogP contribution in [0.2, 0.25) is 0 Å². The summed E-state index contributed by atoms with van der Waals surface area (Å²) in [5, 5.41) is 2.51. The van der Waals surface area contributed by atoms with Crippen LogP contribution < -0.4 is 5.32 Å². The average molecular weight is 227 g/mol. The first kappa shape index (κ1) is 12.8. The summed E-state index contributed by atoms with van der Waals surface area (Å²) in [7, 11) is 3.23. The van der Waals surface area contributed by atoms with Crippen LogP contribution in [0, 0.1) is 5.92 Å². The lowest BCUT2D eigenvalue weighted by atomic mass is 10.00. The van der Waals surface area contributed by atoms with Gasteiger partial charge in [0.2, 0.25) is 5.91 Å². The number of likely N-dealkylation sites (N-methyl/N-ethyl adjacent to an activating group) is 2. The third kappa shape index (κ3) is 3.40. The minimum absolute atomic E-state index is 0.0458. The number of piperidine rings is 1. The van der Waals surface area contributed by atoms with E-state index in [1.165, 1.54) is 4.90 Å². The van der Waals surface area contributed by atoms with Crippen molar-refractivity contribution in [2.45, 2.75) is 19.8 Å². The lowest BCUT2D eigenvalue weighted by molar-refractivity contribution is -0.121. The van der Waals surface area contributed by atoms with Gasteiger partial charge < -0.3 is 15.1 Å². The van der Waals surface area contributed by atoms with Crippen LogP contribution in [0.5, 0.6) is 0 Å². The van der Waals surface area contributed by atoms with Gasteiger partial charge in [0.1, 0.15) is 6.54 Å². The number of urea groups is 1. The Bertz CT molecular complexity index is 260. The Labute approximate surface area is 96.8 Å². The van der Waals surface area contributed by atoms with Crippen LogP contribution in [0.3, 0.4) is 0 Å². The SMILES string of the molecule is CNC(=O)CN(C)C(=O)N1CCC(C)CC1. The van der Waals surface area contributed by atoms with Gasteiger partial charge in [-0.3, -0.25) is 4.79 Å². The van der Waals surface area contributed by atoms with Crippen LogP contribution >= 0.6 is 0 Å². The average Bonchev–Trinajstić information content (AvgIpc) is 2.28. The van der Waals surface area contributed by atoms with E-state index in [0.717, 1.165) is 25.9 Å². The Morgan fingerprint density at radius 2 is 1.94 bits per heavy atom. The van der Waals surface area contributed by atoms with E-state index in [1.807, 2.05) is 4.90 Å². The number of carbonyl (C=O) groups excluding carboxylic acids is 2. The molecule has 1 aliphatic rings. The number of carbonyl (C=O) groups is 2. The smallest absolute Gasteiger partial charge is 0.320 e. The fourth-order valence-electron chi connectivity index (χ4n) is 1.80. The third-order valence-electron chi connectivity index (χ3n) is 3.04. The molecule has 1 saturated heterocycles. The van der Waals surface area contributed by atoms with Crippen molar-refractivity contribution in [1.29, 1.82) is 0 Å². The van der Waals surface area contributed by atoms with E-state index in [9.17, 15) is 9.59 Å². The topological polar surface area (TPSA) is 52.7 Å². The molecule has 1 rings (SSSR count). The maximum atomic E-state index is 11.9. The molecule has 0 unspecified atom stereocenters. The van der Waals surface area contributed by atoms with E-state index in [-0.39, 0.29) is 18.5 Å². The van der Waals surface area contributed by atoms with Gasteiger partial charge in [-0.05, 0) is 18.8 Å². The van der Waals surface area contributed by atoms with Gasteiger partial charge >= 0.3 is 6.03 Å². The first-order valence-corrected chi connectivity index (χ1v) is 5.75. The Morgan fingerprint density at radius 3 is 2.44 bits per heavy atom. The van der Waals surface area contributed by atoms with Crippen molar-refractivity contribution in [3.63, 3.8) is 0 Å². The number of amides is 3. The highest BCUT2D eigenvalue weighted by atomic mass is 16.2. The zero-order valence-electron chi connectivity index (χ0n) is 10.3. The van der Waals surface area contributed by atoms with Crippen molar-refractivity contribution in [3.05, 3.63) is 0 Å². The second-order valence-corrected chi connectivity index (χ2v) is 4.48. The Balaban J connectivity index is 2.41. The van der Waals surface area contributed by atoms with Crippen molar-refractivity contribution < 1.29 is 9.59 Å². The molecule has 92 valence electrons. The molecule has 0 aromatic carbocycles. The highest BCUT2D eigenvalue weighted by molar-refractivity contribution is 5.83. The molecule has 0 aliphatic carbocycles. The van der Waals surface area contributed by atoms with Crippen molar-refractivity contribution in [2.24, 2.45) is 5.92 Å². The molecule has 16 heavy (non-hydrogen) atoms. The summed E-state index contributed by atoms with van der Waals surface area (Å²) in [4.78, 5) is 26.4. The fraction of sp³-hybridized carbons (Fsp3) is 0.818. The van der Waals surface area contributed by atoms with Crippen LogP contribution in [0.25, 0.3) is 0 Å². The molecule has 1 aliphatic heterocycles. The molecule has 0 radical (unpaired) electrons. The second-order valence-electron chi connectivity index (χ2n) is 4.48. The van der Waals surface area contributed by atoms with Crippen LogP contribution in [0.1, 0.15) is 19.8 Å². The van der Waals surface area contributed by atoms with E-state index in [1.54, 1.807) is 14.1 Å². The summed E-state index contributed by atoms with van der Waals surface area (Å²) in [5.74, 6) is 0.564. The summed E-state index contributed by atoms with van der Waals surface area (Å²) in [5.41, 5.74) is 0.